The number of benzene rings is 1. The summed E-state index contributed by atoms with van der Waals surface area (Å²) >= 11 is 0. The second kappa shape index (κ2) is 11.0. The third kappa shape index (κ3) is 5.80. The molecule has 0 radical (unpaired) electrons. The van der Waals surface area contributed by atoms with Crippen molar-refractivity contribution in [2.24, 2.45) is 0 Å². The van der Waals surface area contributed by atoms with Crippen LogP contribution in [0.1, 0.15) is 53.2 Å². The number of anilines is 3. The second-order valence-corrected chi connectivity index (χ2v) is 9.14. The summed E-state index contributed by atoms with van der Waals surface area (Å²) in [4.78, 5) is 39.0. The van der Waals surface area contributed by atoms with Crippen molar-refractivity contribution in [2.45, 2.75) is 32.2 Å². The lowest BCUT2D eigenvalue weighted by atomic mass is 10.0. The Hall–Kier alpha value is -4.60. The minimum Gasteiger partial charge on any atom is -0.383 e. The van der Waals surface area contributed by atoms with Gasteiger partial charge in [-0.05, 0) is 48.2 Å². The number of hydrogen-bond acceptors (Lipinski definition) is 8. The molecule has 4 rings (SSSR count). The first-order chi connectivity index (χ1) is 17.8. The highest BCUT2D eigenvalue weighted by atomic mass is 16.2. The maximum absolute atomic E-state index is 12.8. The Balaban J connectivity index is 1.49. The SMILES string of the molecule is C=CC(=O)N1CCC(Nc2ncnc(N)c2C(=N)c2ccc(C(=O)Nc3cc(C(C)C)ccn3)cc2)C1. The molecule has 1 aliphatic heterocycles. The molecule has 0 aliphatic carbocycles. The van der Waals surface area contributed by atoms with Gasteiger partial charge in [-0.15, -0.1) is 0 Å². The summed E-state index contributed by atoms with van der Waals surface area (Å²) in [6.45, 7) is 8.80. The third-order valence-electron chi connectivity index (χ3n) is 6.27. The van der Waals surface area contributed by atoms with Crippen molar-refractivity contribution in [3.8, 4) is 0 Å². The molecule has 1 aliphatic rings. The predicted octanol–water partition coefficient (Wildman–Crippen LogP) is 3.44. The van der Waals surface area contributed by atoms with E-state index < -0.39 is 0 Å². The summed E-state index contributed by atoms with van der Waals surface area (Å²) in [5.74, 6) is 0.979. The van der Waals surface area contributed by atoms with Crippen molar-refractivity contribution < 1.29 is 9.59 Å². The Morgan fingerprint density at radius 3 is 2.59 bits per heavy atom. The fraction of sp³-hybridized carbons (Fsp3) is 0.259. The fourth-order valence-corrected chi connectivity index (χ4v) is 4.15. The molecule has 3 heterocycles. The monoisotopic (exact) mass is 498 g/mol. The normalized spacial score (nSPS) is 14.9. The van der Waals surface area contributed by atoms with Crippen LogP contribution in [-0.4, -0.2) is 56.5 Å². The smallest absolute Gasteiger partial charge is 0.256 e. The largest absolute Gasteiger partial charge is 0.383 e. The van der Waals surface area contributed by atoms with Crippen molar-refractivity contribution >= 4 is 35.0 Å². The molecule has 1 atom stereocenters. The summed E-state index contributed by atoms with van der Waals surface area (Å²) < 4.78 is 0. The Morgan fingerprint density at radius 2 is 1.89 bits per heavy atom. The van der Waals surface area contributed by atoms with E-state index in [1.807, 2.05) is 12.1 Å². The molecule has 1 fully saturated rings. The van der Waals surface area contributed by atoms with E-state index in [0.29, 0.717) is 47.3 Å². The zero-order valence-electron chi connectivity index (χ0n) is 20.9. The van der Waals surface area contributed by atoms with Crippen LogP contribution in [-0.2, 0) is 4.79 Å². The molecule has 0 saturated carbocycles. The van der Waals surface area contributed by atoms with E-state index in [9.17, 15) is 9.59 Å². The standard InChI is InChI=1S/C27H30N8O2/c1-4-22(36)35-12-10-20(14-35)33-26-23(25(29)31-15-32-26)24(28)17-5-7-18(8-6-17)27(37)34-21-13-19(16(2)3)9-11-30-21/h4-9,11,13,15-16,20,28H,1,10,12,14H2,2-3H3,(H,30,34,37)(H3,29,31,32,33). The van der Waals surface area contributed by atoms with E-state index in [4.69, 9.17) is 11.1 Å². The van der Waals surface area contributed by atoms with Gasteiger partial charge < -0.3 is 21.3 Å². The van der Waals surface area contributed by atoms with Crippen LogP contribution in [0.2, 0.25) is 0 Å². The van der Waals surface area contributed by atoms with Crippen LogP contribution < -0.4 is 16.4 Å². The number of nitrogens with two attached hydrogens (primary N) is 1. The second-order valence-electron chi connectivity index (χ2n) is 9.14. The van der Waals surface area contributed by atoms with Crippen LogP contribution in [0.3, 0.4) is 0 Å². The summed E-state index contributed by atoms with van der Waals surface area (Å²) in [6.07, 6.45) is 5.05. The lowest BCUT2D eigenvalue weighted by Crippen LogP contribution is -2.30. The van der Waals surface area contributed by atoms with Crippen molar-refractivity contribution in [1.29, 1.82) is 5.41 Å². The first-order valence-corrected chi connectivity index (χ1v) is 12.0. The molecule has 190 valence electrons. The molecule has 3 aromatic rings. The molecule has 2 aromatic heterocycles. The lowest BCUT2D eigenvalue weighted by molar-refractivity contribution is -0.125. The molecule has 1 unspecified atom stereocenters. The molecule has 2 amide bonds. The van der Waals surface area contributed by atoms with Crippen LogP contribution in [0.15, 0.2) is 61.6 Å². The molecule has 1 saturated heterocycles. The first kappa shape index (κ1) is 25.5. The molecule has 37 heavy (non-hydrogen) atoms. The number of amides is 2. The fourth-order valence-electron chi connectivity index (χ4n) is 4.15. The number of nitrogens with zero attached hydrogens (tertiary/aromatic N) is 4. The Labute approximate surface area is 215 Å². The Morgan fingerprint density at radius 1 is 1.16 bits per heavy atom. The highest BCUT2D eigenvalue weighted by molar-refractivity contribution is 6.16. The van der Waals surface area contributed by atoms with Gasteiger partial charge in [0.2, 0.25) is 5.91 Å². The van der Waals surface area contributed by atoms with Crippen molar-refractivity contribution in [2.75, 3.05) is 29.5 Å². The van der Waals surface area contributed by atoms with E-state index >= 15 is 0 Å². The number of pyridine rings is 1. The van der Waals surface area contributed by atoms with Gasteiger partial charge >= 0.3 is 0 Å². The zero-order valence-corrected chi connectivity index (χ0v) is 20.9. The minimum atomic E-state index is -0.295. The van der Waals surface area contributed by atoms with E-state index in [1.165, 1.54) is 12.4 Å². The number of nitrogen functional groups attached to an aromatic ring is 1. The molecular weight excluding hydrogens is 468 g/mol. The first-order valence-electron chi connectivity index (χ1n) is 12.0. The lowest BCUT2D eigenvalue weighted by Gasteiger charge is -2.18. The van der Waals surface area contributed by atoms with E-state index in [1.54, 1.807) is 35.4 Å². The topological polar surface area (TPSA) is 150 Å². The maximum Gasteiger partial charge on any atom is 0.256 e. The van der Waals surface area contributed by atoms with Crippen LogP contribution in [0.4, 0.5) is 17.5 Å². The Kier molecular flexibility index (Phi) is 7.57. The van der Waals surface area contributed by atoms with Gasteiger partial charge in [0.1, 0.15) is 23.8 Å². The van der Waals surface area contributed by atoms with Gasteiger partial charge in [0.05, 0.1) is 11.3 Å². The number of hydrogen-bond donors (Lipinski definition) is 4. The molecule has 0 bridgehead atoms. The van der Waals surface area contributed by atoms with Gasteiger partial charge in [0, 0.05) is 36.5 Å². The molecule has 10 heteroatoms. The van der Waals surface area contributed by atoms with Crippen molar-refractivity contribution in [3.63, 3.8) is 0 Å². The maximum atomic E-state index is 12.8. The van der Waals surface area contributed by atoms with Gasteiger partial charge in [0.25, 0.3) is 5.91 Å². The van der Waals surface area contributed by atoms with Gasteiger partial charge in [0.15, 0.2) is 0 Å². The number of aromatic nitrogens is 3. The predicted molar refractivity (Wildman–Crippen MR) is 144 cm³/mol. The van der Waals surface area contributed by atoms with Gasteiger partial charge in [-0.1, -0.05) is 32.6 Å². The highest BCUT2D eigenvalue weighted by Gasteiger charge is 2.27. The van der Waals surface area contributed by atoms with Crippen molar-refractivity contribution in [1.82, 2.24) is 19.9 Å². The highest BCUT2D eigenvalue weighted by Crippen LogP contribution is 2.25. The zero-order chi connectivity index (χ0) is 26.5. The molecule has 10 nitrogen and oxygen atoms in total. The number of likely N-dealkylation sites (tertiary alicyclic amines) is 1. The van der Waals surface area contributed by atoms with E-state index in [-0.39, 0.29) is 29.4 Å². The average molecular weight is 499 g/mol. The summed E-state index contributed by atoms with van der Waals surface area (Å²) in [5, 5.41) is 14.9. The molecule has 5 N–H and O–H groups in total. The van der Waals surface area contributed by atoms with Gasteiger partial charge in [-0.3, -0.25) is 15.0 Å². The van der Waals surface area contributed by atoms with Crippen LogP contribution in [0, 0.1) is 5.41 Å². The number of nitrogens with one attached hydrogen (secondary N) is 3. The summed E-state index contributed by atoms with van der Waals surface area (Å²) in [7, 11) is 0. The number of carbonyl (C=O) groups is 2. The van der Waals surface area contributed by atoms with Crippen LogP contribution in [0.25, 0.3) is 0 Å². The van der Waals surface area contributed by atoms with Crippen LogP contribution in [0.5, 0.6) is 0 Å². The molecule has 0 spiro atoms. The van der Waals surface area contributed by atoms with E-state index in [2.05, 4.69) is 46.0 Å². The third-order valence-corrected chi connectivity index (χ3v) is 6.27. The summed E-state index contributed by atoms with van der Waals surface area (Å²) in [6, 6.07) is 10.4. The van der Waals surface area contributed by atoms with E-state index in [0.717, 1.165) is 12.0 Å². The minimum absolute atomic E-state index is 0.0429. The average Bonchev–Trinajstić information content (AvgIpc) is 3.36. The van der Waals surface area contributed by atoms with Gasteiger partial charge in [-0.2, -0.15) is 0 Å². The quantitative estimate of drug-likeness (QED) is 0.274. The molecule has 1 aromatic carbocycles. The molecular formula is C27H30N8O2. The Bertz CT molecular complexity index is 1340. The van der Waals surface area contributed by atoms with Crippen molar-refractivity contribution in [3.05, 3.63) is 83.8 Å². The number of carbonyl (C=O) groups excluding carboxylic acids is 2. The van der Waals surface area contributed by atoms with Gasteiger partial charge in [-0.25, -0.2) is 15.0 Å². The number of rotatable bonds is 8. The van der Waals surface area contributed by atoms with Crippen LogP contribution >= 0.6 is 0 Å². The summed E-state index contributed by atoms with van der Waals surface area (Å²) in [5.41, 5.74) is 8.70.